The summed E-state index contributed by atoms with van der Waals surface area (Å²) < 4.78 is 51.8. The van der Waals surface area contributed by atoms with E-state index in [4.69, 9.17) is 0 Å². The number of rotatable bonds is 4. The van der Waals surface area contributed by atoms with Crippen molar-refractivity contribution in [1.82, 2.24) is 20.2 Å². The standard InChI is InChI=1S/C19H13F4N5/c20-15-3-1-11(5-14(15)19(21,22)23)7-25-18-10-24-17-6-12(2-4-16(17)28-18)13-8-26-27-9-13/h1-6,8-10H,7H2,(H,25,28)(H,26,27). The van der Waals surface area contributed by atoms with Gasteiger partial charge in [0.2, 0.25) is 0 Å². The van der Waals surface area contributed by atoms with Crippen molar-refractivity contribution in [2.24, 2.45) is 0 Å². The number of anilines is 1. The van der Waals surface area contributed by atoms with Crippen LogP contribution >= 0.6 is 0 Å². The van der Waals surface area contributed by atoms with Crippen molar-refractivity contribution in [1.29, 1.82) is 0 Å². The van der Waals surface area contributed by atoms with Gasteiger partial charge in [-0.3, -0.25) is 10.1 Å². The van der Waals surface area contributed by atoms with Crippen LogP contribution in [0, 0.1) is 5.82 Å². The average Bonchev–Trinajstić information content (AvgIpc) is 3.20. The zero-order valence-corrected chi connectivity index (χ0v) is 14.3. The predicted molar refractivity (Wildman–Crippen MR) is 95.8 cm³/mol. The fourth-order valence-electron chi connectivity index (χ4n) is 2.78. The summed E-state index contributed by atoms with van der Waals surface area (Å²) in [7, 11) is 0. The third kappa shape index (κ3) is 3.64. The second kappa shape index (κ2) is 6.91. The van der Waals surface area contributed by atoms with Gasteiger partial charge in [-0.25, -0.2) is 9.37 Å². The predicted octanol–water partition coefficient (Wildman–Crippen LogP) is 4.79. The molecule has 0 spiro atoms. The molecule has 0 fully saturated rings. The first-order chi connectivity index (χ1) is 13.4. The Kier molecular flexibility index (Phi) is 4.42. The first-order valence-electron chi connectivity index (χ1n) is 8.25. The molecule has 0 amide bonds. The zero-order valence-electron chi connectivity index (χ0n) is 14.3. The normalized spacial score (nSPS) is 11.7. The largest absolute Gasteiger partial charge is 0.419 e. The first-order valence-corrected chi connectivity index (χ1v) is 8.25. The number of H-pyrrole nitrogens is 1. The molecule has 0 aliphatic heterocycles. The van der Waals surface area contributed by atoms with Crippen LogP contribution in [0.5, 0.6) is 0 Å². The molecule has 2 aromatic carbocycles. The molecule has 28 heavy (non-hydrogen) atoms. The number of hydrogen-bond donors (Lipinski definition) is 2. The summed E-state index contributed by atoms with van der Waals surface area (Å²) in [5.74, 6) is -0.892. The maximum Gasteiger partial charge on any atom is 0.419 e. The maximum atomic E-state index is 13.4. The van der Waals surface area contributed by atoms with Gasteiger partial charge in [-0.05, 0) is 35.4 Å². The van der Waals surface area contributed by atoms with Crippen LogP contribution in [-0.2, 0) is 12.7 Å². The second-order valence-corrected chi connectivity index (χ2v) is 6.11. The smallest absolute Gasteiger partial charge is 0.365 e. The number of halogens is 4. The van der Waals surface area contributed by atoms with Crippen LogP contribution in [0.4, 0.5) is 23.4 Å². The highest BCUT2D eigenvalue weighted by Gasteiger charge is 2.34. The minimum atomic E-state index is -4.74. The van der Waals surface area contributed by atoms with Gasteiger partial charge in [0, 0.05) is 18.3 Å². The Morgan fingerprint density at radius 3 is 2.57 bits per heavy atom. The molecule has 2 heterocycles. The Bertz CT molecular complexity index is 1120. The number of aromatic nitrogens is 4. The van der Waals surface area contributed by atoms with E-state index in [0.29, 0.717) is 16.9 Å². The Morgan fingerprint density at radius 2 is 1.82 bits per heavy atom. The summed E-state index contributed by atoms with van der Waals surface area (Å²) >= 11 is 0. The van der Waals surface area contributed by atoms with Crippen molar-refractivity contribution in [2.75, 3.05) is 5.32 Å². The van der Waals surface area contributed by atoms with Crippen molar-refractivity contribution >= 4 is 16.9 Å². The third-order valence-electron chi connectivity index (χ3n) is 4.18. The van der Waals surface area contributed by atoms with Gasteiger partial charge in [0.25, 0.3) is 0 Å². The lowest BCUT2D eigenvalue weighted by Crippen LogP contribution is -2.10. The van der Waals surface area contributed by atoms with E-state index in [2.05, 4.69) is 25.5 Å². The Balaban J connectivity index is 1.53. The van der Waals surface area contributed by atoms with E-state index in [1.54, 1.807) is 18.5 Å². The molecule has 4 rings (SSSR count). The van der Waals surface area contributed by atoms with Crippen molar-refractivity contribution in [2.45, 2.75) is 12.7 Å². The molecule has 2 aromatic heterocycles. The molecule has 9 heteroatoms. The van der Waals surface area contributed by atoms with Crippen LogP contribution in [0.3, 0.4) is 0 Å². The van der Waals surface area contributed by atoms with E-state index in [1.165, 1.54) is 12.3 Å². The number of nitrogens with one attached hydrogen (secondary N) is 2. The quantitative estimate of drug-likeness (QED) is 0.494. The molecular weight excluding hydrogens is 374 g/mol. The Morgan fingerprint density at radius 1 is 0.964 bits per heavy atom. The van der Waals surface area contributed by atoms with E-state index >= 15 is 0 Å². The van der Waals surface area contributed by atoms with Crippen LogP contribution in [0.2, 0.25) is 0 Å². The fraction of sp³-hybridized carbons (Fsp3) is 0.105. The van der Waals surface area contributed by atoms with E-state index in [1.807, 2.05) is 12.1 Å². The van der Waals surface area contributed by atoms with Crippen LogP contribution < -0.4 is 5.32 Å². The van der Waals surface area contributed by atoms with E-state index < -0.39 is 17.6 Å². The van der Waals surface area contributed by atoms with E-state index in [0.717, 1.165) is 23.3 Å². The van der Waals surface area contributed by atoms with Gasteiger partial charge in [0.05, 0.1) is 29.0 Å². The number of hydrogen-bond acceptors (Lipinski definition) is 4. The van der Waals surface area contributed by atoms with Crippen LogP contribution in [-0.4, -0.2) is 20.2 Å². The molecule has 0 unspecified atom stereocenters. The minimum absolute atomic E-state index is 0.0522. The van der Waals surface area contributed by atoms with Crippen molar-refractivity contribution in [3.8, 4) is 11.1 Å². The van der Waals surface area contributed by atoms with Crippen LogP contribution in [0.1, 0.15) is 11.1 Å². The molecule has 0 radical (unpaired) electrons. The lowest BCUT2D eigenvalue weighted by Gasteiger charge is -2.11. The molecule has 0 atom stereocenters. The van der Waals surface area contributed by atoms with Gasteiger partial charge < -0.3 is 5.32 Å². The molecule has 0 bridgehead atoms. The summed E-state index contributed by atoms with van der Waals surface area (Å²) in [5, 5.41) is 9.57. The van der Waals surface area contributed by atoms with Crippen molar-refractivity contribution < 1.29 is 17.6 Å². The summed E-state index contributed by atoms with van der Waals surface area (Å²) in [5.41, 5.74) is 2.15. The first kappa shape index (κ1) is 17.9. The number of alkyl halides is 3. The van der Waals surface area contributed by atoms with Crippen LogP contribution in [0.15, 0.2) is 55.0 Å². The number of fused-ring (bicyclic) bond motifs is 1. The number of benzene rings is 2. The molecule has 0 aliphatic carbocycles. The Hall–Kier alpha value is -3.49. The second-order valence-electron chi connectivity index (χ2n) is 6.11. The summed E-state index contributed by atoms with van der Waals surface area (Å²) in [6, 6.07) is 8.43. The highest BCUT2D eigenvalue weighted by atomic mass is 19.4. The number of aromatic amines is 1. The summed E-state index contributed by atoms with van der Waals surface area (Å²) in [6.07, 6.45) is 0.218. The lowest BCUT2D eigenvalue weighted by atomic mass is 10.1. The van der Waals surface area contributed by atoms with Gasteiger partial charge in [0.1, 0.15) is 11.6 Å². The molecule has 142 valence electrons. The third-order valence-corrected chi connectivity index (χ3v) is 4.18. The molecule has 0 saturated carbocycles. The van der Waals surface area contributed by atoms with Gasteiger partial charge in [-0.1, -0.05) is 12.1 Å². The Labute approximate surface area is 156 Å². The van der Waals surface area contributed by atoms with Crippen LogP contribution in [0.25, 0.3) is 22.2 Å². The molecule has 5 nitrogen and oxygen atoms in total. The monoisotopic (exact) mass is 387 g/mol. The number of nitrogens with zero attached hydrogens (tertiary/aromatic N) is 3. The molecule has 0 aliphatic rings. The highest BCUT2D eigenvalue weighted by molar-refractivity contribution is 5.81. The highest BCUT2D eigenvalue weighted by Crippen LogP contribution is 2.32. The summed E-state index contributed by atoms with van der Waals surface area (Å²) in [4.78, 5) is 8.75. The molecule has 4 aromatic rings. The fourth-order valence-corrected chi connectivity index (χ4v) is 2.78. The lowest BCUT2D eigenvalue weighted by molar-refractivity contribution is -0.140. The van der Waals surface area contributed by atoms with E-state index in [9.17, 15) is 17.6 Å². The zero-order chi connectivity index (χ0) is 19.7. The van der Waals surface area contributed by atoms with Gasteiger partial charge in [0.15, 0.2) is 0 Å². The molecular formula is C19H13F4N5. The van der Waals surface area contributed by atoms with Crippen molar-refractivity contribution in [3.63, 3.8) is 0 Å². The molecule has 2 N–H and O–H groups in total. The average molecular weight is 387 g/mol. The van der Waals surface area contributed by atoms with Gasteiger partial charge >= 0.3 is 6.18 Å². The summed E-state index contributed by atoms with van der Waals surface area (Å²) in [6.45, 7) is 0.0522. The van der Waals surface area contributed by atoms with E-state index in [-0.39, 0.29) is 12.1 Å². The minimum Gasteiger partial charge on any atom is -0.365 e. The maximum absolute atomic E-state index is 13.4. The SMILES string of the molecule is Fc1ccc(CNc2cnc3cc(-c4cn[nH]c4)ccc3n2)cc1C(F)(F)F. The topological polar surface area (TPSA) is 66.5 Å². The van der Waals surface area contributed by atoms with Gasteiger partial charge in [-0.15, -0.1) is 0 Å². The molecule has 0 saturated heterocycles. The van der Waals surface area contributed by atoms with Gasteiger partial charge in [-0.2, -0.15) is 18.3 Å². The van der Waals surface area contributed by atoms with Crippen molar-refractivity contribution in [3.05, 3.63) is 71.9 Å².